The number of aromatic nitrogens is 2. The number of benzene rings is 2. The molecule has 0 atom stereocenters. The Bertz CT molecular complexity index is 865. The number of nitrogens with two attached hydrogens (primary N) is 1. The second kappa shape index (κ2) is 7.11. The Balaban J connectivity index is 1.88. The highest BCUT2D eigenvalue weighted by atomic mass is 35.5. The molecule has 0 aliphatic heterocycles. The summed E-state index contributed by atoms with van der Waals surface area (Å²) < 4.78 is 0. The lowest BCUT2D eigenvalue weighted by atomic mass is 10.1. The molecule has 3 N–H and O–H groups in total. The van der Waals surface area contributed by atoms with Crippen LogP contribution in [0.4, 0.5) is 17.2 Å². The van der Waals surface area contributed by atoms with E-state index in [0.717, 1.165) is 16.1 Å². The molecule has 122 valence electrons. The largest absolute Gasteiger partial charge is 0.394 e. The van der Waals surface area contributed by atoms with Gasteiger partial charge in [-0.3, -0.25) is 0 Å². The molecule has 0 unspecified atom stereocenters. The molecule has 0 bridgehead atoms. The van der Waals surface area contributed by atoms with Crippen LogP contribution in [0.2, 0.25) is 5.02 Å². The quantitative estimate of drug-likeness (QED) is 0.627. The van der Waals surface area contributed by atoms with Gasteiger partial charge in [0.05, 0.1) is 0 Å². The maximum absolute atomic E-state index is 6.26. The number of anilines is 3. The summed E-state index contributed by atoms with van der Waals surface area (Å²) in [6.45, 7) is 4.10. The molecule has 0 radical (unpaired) electrons. The Morgan fingerprint density at radius 1 is 1.04 bits per heavy atom. The Morgan fingerprint density at radius 2 is 1.79 bits per heavy atom. The average Bonchev–Trinajstić information content (AvgIpc) is 2.56. The standard InChI is InChI=1S/C18H17ClN4S/c1-11-3-4-12(2)15(9-11)23-17-16(20)18(22-10-21-17)24-14-7-5-13(19)6-8-14/h3-10H,20H2,1-2H3,(H,21,22,23). The fourth-order valence-corrected chi connectivity index (χ4v) is 3.10. The van der Waals surface area contributed by atoms with Crippen molar-refractivity contribution in [2.45, 2.75) is 23.8 Å². The van der Waals surface area contributed by atoms with Gasteiger partial charge in [-0.05, 0) is 55.3 Å². The number of nitrogens with zero attached hydrogens (tertiary/aromatic N) is 2. The number of aryl methyl sites for hydroxylation is 2. The van der Waals surface area contributed by atoms with Crippen LogP contribution < -0.4 is 11.1 Å². The third kappa shape index (κ3) is 3.80. The van der Waals surface area contributed by atoms with E-state index >= 15 is 0 Å². The third-order valence-electron chi connectivity index (χ3n) is 3.52. The number of rotatable bonds is 4. The fourth-order valence-electron chi connectivity index (χ4n) is 2.17. The zero-order valence-corrected chi connectivity index (χ0v) is 14.9. The number of nitrogen functional groups attached to an aromatic ring is 1. The van der Waals surface area contributed by atoms with E-state index in [-0.39, 0.29) is 0 Å². The van der Waals surface area contributed by atoms with Crippen LogP contribution in [0.5, 0.6) is 0 Å². The molecule has 3 rings (SSSR count). The second-order valence-electron chi connectivity index (χ2n) is 5.44. The van der Waals surface area contributed by atoms with Gasteiger partial charge in [0.15, 0.2) is 5.82 Å². The first kappa shape index (κ1) is 16.6. The molecule has 0 saturated carbocycles. The van der Waals surface area contributed by atoms with E-state index in [9.17, 15) is 0 Å². The number of halogens is 1. The molecule has 3 aromatic rings. The van der Waals surface area contributed by atoms with Gasteiger partial charge in [0.2, 0.25) is 0 Å². The first-order valence-electron chi connectivity index (χ1n) is 7.41. The van der Waals surface area contributed by atoms with Crippen molar-refractivity contribution in [3.63, 3.8) is 0 Å². The van der Waals surface area contributed by atoms with Crippen molar-refractivity contribution < 1.29 is 0 Å². The Hall–Kier alpha value is -2.24. The highest BCUT2D eigenvalue weighted by molar-refractivity contribution is 7.99. The molecule has 6 heteroatoms. The number of nitrogens with one attached hydrogen (secondary N) is 1. The summed E-state index contributed by atoms with van der Waals surface area (Å²) in [7, 11) is 0. The molecule has 1 aromatic heterocycles. The lowest BCUT2D eigenvalue weighted by molar-refractivity contribution is 1.06. The van der Waals surface area contributed by atoms with Gasteiger partial charge >= 0.3 is 0 Å². The molecular formula is C18H17ClN4S. The highest BCUT2D eigenvalue weighted by Gasteiger charge is 2.11. The summed E-state index contributed by atoms with van der Waals surface area (Å²) in [6.07, 6.45) is 1.52. The average molecular weight is 357 g/mol. The van der Waals surface area contributed by atoms with Crippen molar-refractivity contribution >= 4 is 40.6 Å². The van der Waals surface area contributed by atoms with Crippen LogP contribution in [0, 0.1) is 13.8 Å². The van der Waals surface area contributed by atoms with Gasteiger partial charge in [0, 0.05) is 15.6 Å². The first-order chi connectivity index (χ1) is 11.5. The molecule has 0 aliphatic rings. The van der Waals surface area contributed by atoms with Gasteiger partial charge in [-0.25, -0.2) is 9.97 Å². The van der Waals surface area contributed by atoms with E-state index in [1.54, 1.807) is 0 Å². The summed E-state index contributed by atoms with van der Waals surface area (Å²) in [4.78, 5) is 9.59. The van der Waals surface area contributed by atoms with Crippen LogP contribution in [0.15, 0.2) is 58.7 Å². The predicted octanol–water partition coefficient (Wildman–Crippen LogP) is 5.22. The van der Waals surface area contributed by atoms with E-state index < -0.39 is 0 Å². The van der Waals surface area contributed by atoms with Gasteiger partial charge in [0.25, 0.3) is 0 Å². The van der Waals surface area contributed by atoms with Crippen LogP contribution in [-0.4, -0.2) is 9.97 Å². The maximum atomic E-state index is 6.26. The van der Waals surface area contributed by atoms with Crippen LogP contribution in [0.1, 0.15) is 11.1 Å². The number of hydrogen-bond acceptors (Lipinski definition) is 5. The Kier molecular flexibility index (Phi) is 4.92. The highest BCUT2D eigenvalue weighted by Crippen LogP contribution is 2.34. The molecule has 0 fully saturated rings. The molecule has 2 aromatic carbocycles. The lowest BCUT2D eigenvalue weighted by Crippen LogP contribution is -2.03. The van der Waals surface area contributed by atoms with Gasteiger partial charge in [-0.2, -0.15) is 0 Å². The van der Waals surface area contributed by atoms with E-state index in [1.165, 1.54) is 23.7 Å². The zero-order chi connectivity index (χ0) is 17.1. The number of hydrogen-bond donors (Lipinski definition) is 2. The molecular weight excluding hydrogens is 340 g/mol. The maximum Gasteiger partial charge on any atom is 0.158 e. The van der Waals surface area contributed by atoms with Crippen molar-refractivity contribution in [3.8, 4) is 0 Å². The van der Waals surface area contributed by atoms with Crippen molar-refractivity contribution in [1.82, 2.24) is 9.97 Å². The van der Waals surface area contributed by atoms with Gasteiger partial charge in [-0.15, -0.1) is 0 Å². The molecule has 0 saturated heterocycles. The zero-order valence-electron chi connectivity index (χ0n) is 13.4. The molecule has 24 heavy (non-hydrogen) atoms. The molecule has 0 aliphatic carbocycles. The molecule has 1 heterocycles. The lowest BCUT2D eigenvalue weighted by Gasteiger charge is -2.13. The van der Waals surface area contributed by atoms with E-state index in [4.69, 9.17) is 17.3 Å². The second-order valence-corrected chi connectivity index (χ2v) is 6.94. The normalized spacial score (nSPS) is 10.6. The molecule has 0 amide bonds. The van der Waals surface area contributed by atoms with Crippen LogP contribution in [0.3, 0.4) is 0 Å². The van der Waals surface area contributed by atoms with Gasteiger partial charge in [-0.1, -0.05) is 35.5 Å². The van der Waals surface area contributed by atoms with Crippen LogP contribution >= 0.6 is 23.4 Å². The van der Waals surface area contributed by atoms with Crippen molar-refractivity contribution in [2.75, 3.05) is 11.1 Å². The van der Waals surface area contributed by atoms with Crippen molar-refractivity contribution in [2.24, 2.45) is 0 Å². The molecule has 4 nitrogen and oxygen atoms in total. The summed E-state index contributed by atoms with van der Waals surface area (Å²) in [5, 5.41) is 4.72. The summed E-state index contributed by atoms with van der Waals surface area (Å²) >= 11 is 7.40. The minimum atomic E-state index is 0.526. The summed E-state index contributed by atoms with van der Waals surface area (Å²) in [5.74, 6) is 0.607. The summed E-state index contributed by atoms with van der Waals surface area (Å²) in [6, 6.07) is 13.8. The van der Waals surface area contributed by atoms with Crippen LogP contribution in [-0.2, 0) is 0 Å². The minimum absolute atomic E-state index is 0.526. The Morgan fingerprint density at radius 3 is 2.54 bits per heavy atom. The molecule has 0 spiro atoms. The SMILES string of the molecule is Cc1ccc(C)c(Nc2ncnc(Sc3ccc(Cl)cc3)c2N)c1. The van der Waals surface area contributed by atoms with Gasteiger partial charge < -0.3 is 11.1 Å². The predicted molar refractivity (Wildman–Crippen MR) is 101 cm³/mol. The Labute approximate surface area is 150 Å². The van der Waals surface area contributed by atoms with E-state index in [2.05, 4.69) is 40.4 Å². The topological polar surface area (TPSA) is 63.8 Å². The monoisotopic (exact) mass is 356 g/mol. The van der Waals surface area contributed by atoms with Crippen molar-refractivity contribution in [1.29, 1.82) is 0 Å². The smallest absolute Gasteiger partial charge is 0.158 e. The van der Waals surface area contributed by atoms with Gasteiger partial charge in [0.1, 0.15) is 17.0 Å². The third-order valence-corrected chi connectivity index (χ3v) is 4.80. The fraction of sp³-hybridized carbons (Fsp3) is 0.111. The summed E-state index contributed by atoms with van der Waals surface area (Å²) in [5.41, 5.74) is 10.1. The minimum Gasteiger partial charge on any atom is -0.394 e. The van der Waals surface area contributed by atoms with Crippen LogP contribution in [0.25, 0.3) is 0 Å². The first-order valence-corrected chi connectivity index (χ1v) is 8.60. The van der Waals surface area contributed by atoms with Crippen molar-refractivity contribution in [3.05, 3.63) is 64.9 Å². The van der Waals surface area contributed by atoms with E-state index in [1.807, 2.05) is 31.2 Å². The van der Waals surface area contributed by atoms with E-state index in [0.29, 0.717) is 21.6 Å².